The van der Waals surface area contributed by atoms with Gasteiger partial charge in [0.15, 0.2) is 0 Å². The van der Waals surface area contributed by atoms with Crippen LogP contribution in [-0.4, -0.2) is 25.5 Å². The number of carbonyl (C=O) groups is 2. The molecular weight excluding hydrogens is 340 g/mol. The third kappa shape index (κ3) is 5.09. The third-order valence-corrected chi connectivity index (χ3v) is 4.82. The molecule has 0 atom stereocenters. The van der Waals surface area contributed by atoms with Crippen molar-refractivity contribution in [3.8, 4) is 5.75 Å². The first-order valence-corrected chi connectivity index (χ1v) is 9.04. The van der Waals surface area contributed by atoms with Crippen molar-refractivity contribution in [1.82, 2.24) is 5.32 Å². The molecule has 0 aliphatic carbocycles. The molecule has 2 amide bonds. The van der Waals surface area contributed by atoms with Crippen LogP contribution in [0, 0.1) is 19.3 Å². The predicted octanol–water partition coefficient (Wildman–Crippen LogP) is 3.64. The van der Waals surface area contributed by atoms with E-state index in [4.69, 9.17) is 4.74 Å². The molecule has 0 unspecified atom stereocenters. The molecule has 2 rings (SSSR count). The highest BCUT2D eigenvalue weighted by molar-refractivity contribution is 6.10. The first kappa shape index (κ1) is 20.5. The number of carbonyl (C=O) groups excluding carboxylic acids is 2. The zero-order valence-corrected chi connectivity index (χ0v) is 16.7. The lowest BCUT2D eigenvalue weighted by atomic mass is 9.90. The fourth-order valence-corrected chi connectivity index (χ4v) is 2.64. The number of aryl methyl sites for hydroxylation is 1. The van der Waals surface area contributed by atoms with Crippen molar-refractivity contribution >= 4 is 17.5 Å². The van der Waals surface area contributed by atoms with Crippen molar-refractivity contribution in [2.24, 2.45) is 5.41 Å². The molecule has 0 bridgehead atoms. The monoisotopic (exact) mass is 368 g/mol. The molecule has 0 saturated heterocycles. The van der Waals surface area contributed by atoms with Crippen LogP contribution < -0.4 is 15.4 Å². The minimum absolute atomic E-state index is 0.298. The van der Waals surface area contributed by atoms with E-state index in [2.05, 4.69) is 10.6 Å². The van der Waals surface area contributed by atoms with Crippen LogP contribution in [0.5, 0.6) is 5.75 Å². The van der Waals surface area contributed by atoms with Gasteiger partial charge in [0, 0.05) is 12.2 Å². The maximum atomic E-state index is 12.7. The maximum Gasteiger partial charge on any atom is 0.239 e. The van der Waals surface area contributed by atoms with Gasteiger partial charge in [-0.05, 0) is 69.0 Å². The lowest BCUT2D eigenvalue weighted by Gasteiger charge is -2.23. The van der Waals surface area contributed by atoms with Crippen LogP contribution >= 0.6 is 0 Å². The summed E-state index contributed by atoms with van der Waals surface area (Å²) in [5.74, 6) is 0.162. The van der Waals surface area contributed by atoms with E-state index in [-0.39, 0.29) is 11.8 Å². The molecule has 0 saturated carbocycles. The van der Waals surface area contributed by atoms with Crippen molar-refractivity contribution < 1.29 is 14.3 Å². The van der Waals surface area contributed by atoms with Gasteiger partial charge in [0.05, 0.1) is 7.11 Å². The van der Waals surface area contributed by atoms with E-state index < -0.39 is 5.41 Å². The summed E-state index contributed by atoms with van der Waals surface area (Å²) >= 11 is 0. The van der Waals surface area contributed by atoms with Crippen molar-refractivity contribution in [3.05, 3.63) is 59.2 Å². The first-order valence-electron chi connectivity index (χ1n) is 9.04. The van der Waals surface area contributed by atoms with Crippen molar-refractivity contribution in [1.29, 1.82) is 0 Å². The Morgan fingerprint density at radius 1 is 1.04 bits per heavy atom. The summed E-state index contributed by atoms with van der Waals surface area (Å²) < 4.78 is 5.20. The normalized spacial score (nSPS) is 11.0. The minimum Gasteiger partial charge on any atom is -0.497 e. The van der Waals surface area contributed by atoms with Gasteiger partial charge in [0.1, 0.15) is 11.2 Å². The molecule has 0 aliphatic rings. The average molecular weight is 368 g/mol. The Kier molecular flexibility index (Phi) is 6.61. The summed E-state index contributed by atoms with van der Waals surface area (Å²) in [6, 6.07) is 13.4. The van der Waals surface area contributed by atoms with Gasteiger partial charge in [-0.2, -0.15) is 0 Å². The number of hydrogen-bond donors (Lipinski definition) is 2. The second kappa shape index (κ2) is 8.71. The molecular formula is C22H28N2O3. The largest absolute Gasteiger partial charge is 0.497 e. The SMILES string of the molecule is COc1cccc(CCNC(=O)C(C)(C)C(=O)Nc2cccc(C)c2C)c1. The van der Waals surface area contributed by atoms with Crippen LogP contribution in [0.1, 0.15) is 30.5 Å². The highest BCUT2D eigenvalue weighted by atomic mass is 16.5. The molecule has 144 valence electrons. The van der Waals surface area contributed by atoms with Gasteiger partial charge < -0.3 is 15.4 Å². The molecule has 2 aromatic carbocycles. The van der Waals surface area contributed by atoms with Gasteiger partial charge in [-0.15, -0.1) is 0 Å². The van der Waals surface area contributed by atoms with Gasteiger partial charge in [-0.1, -0.05) is 24.3 Å². The van der Waals surface area contributed by atoms with E-state index in [9.17, 15) is 9.59 Å². The van der Waals surface area contributed by atoms with E-state index in [1.165, 1.54) is 0 Å². The fraction of sp³-hybridized carbons (Fsp3) is 0.364. The molecule has 0 heterocycles. The summed E-state index contributed by atoms with van der Waals surface area (Å²) in [6.45, 7) is 7.66. The highest BCUT2D eigenvalue weighted by Gasteiger charge is 2.36. The molecule has 2 N–H and O–H groups in total. The number of hydrogen-bond acceptors (Lipinski definition) is 3. The molecule has 0 radical (unpaired) electrons. The highest BCUT2D eigenvalue weighted by Crippen LogP contribution is 2.23. The van der Waals surface area contributed by atoms with Crippen LogP contribution in [0.4, 0.5) is 5.69 Å². The van der Waals surface area contributed by atoms with E-state index in [0.717, 1.165) is 28.1 Å². The van der Waals surface area contributed by atoms with E-state index in [1.54, 1.807) is 21.0 Å². The van der Waals surface area contributed by atoms with E-state index in [1.807, 2.05) is 56.3 Å². The number of ether oxygens (including phenoxy) is 1. The van der Waals surface area contributed by atoms with Gasteiger partial charge >= 0.3 is 0 Å². The van der Waals surface area contributed by atoms with E-state index in [0.29, 0.717) is 13.0 Å². The Balaban J connectivity index is 1.95. The number of amides is 2. The second-order valence-electron chi connectivity index (χ2n) is 7.18. The van der Waals surface area contributed by atoms with Gasteiger partial charge in [0.25, 0.3) is 0 Å². The van der Waals surface area contributed by atoms with Crippen LogP contribution in [0.2, 0.25) is 0 Å². The molecule has 0 aliphatic heterocycles. The third-order valence-electron chi connectivity index (χ3n) is 4.82. The summed E-state index contributed by atoms with van der Waals surface area (Å²) in [5, 5.41) is 5.74. The van der Waals surface area contributed by atoms with E-state index >= 15 is 0 Å². The zero-order chi connectivity index (χ0) is 20.0. The number of anilines is 1. The zero-order valence-electron chi connectivity index (χ0n) is 16.7. The summed E-state index contributed by atoms with van der Waals surface area (Å²) in [7, 11) is 1.62. The van der Waals surface area contributed by atoms with Crippen molar-refractivity contribution in [2.75, 3.05) is 19.0 Å². The van der Waals surface area contributed by atoms with Crippen LogP contribution in [0.3, 0.4) is 0 Å². The maximum absolute atomic E-state index is 12.7. The molecule has 5 nitrogen and oxygen atoms in total. The summed E-state index contributed by atoms with van der Waals surface area (Å²) in [5.41, 5.74) is 2.71. The lowest BCUT2D eigenvalue weighted by Crippen LogP contribution is -2.45. The topological polar surface area (TPSA) is 67.4 Å². The van der Waals surface area contributed by atoms with Crippen LogP contribution in [0.25, 0.3) is 0 Å². The van der Waals surface area contributed by atoms with Crippen LogP contribution in [-0.2, 0) is 16.0 Å². The van der Waals surface area contributed by atoms with Gasteiger partial charge in [-0.3, -0.25) is 9.59 Å². The Hall–Kier alpha value is -2.82. The molecule has 2 aromatic rings. The Morgan fingerprint density at radius 3 is 2.44 bits per heavy atom. The lowest BCUT2D eigenvalue weighted by molar-refractivity contribution is -0.138. The molecule has 0 fully saturated rings. The molecule has 0 spiro atoms. The Bertz CT molecular complexity index is 828. The molecule has 27 heavy (non-hydrogen) atoms. The minimum atomic E-state index is -1.18. The summed E-state index contributed by atoms with van der Waals surface area (Å²) in [4.78, 5) is 25.2. The number of benzene rings is 2. The number of rotatable bonds is 7. The standard InChI is InChI=1S/C22H28N2O3/c1-15-8-6-11-19(16(15)2)24-21(26)22(3,4)20(25)23-13-12-17-9-7-10-18(14-17)27-5/h6-11,14H,12-13H2,1-5H3,(H,23,25)(H,24,26). The average Bonchev–Trinajstić information content (AvgIpc) is 2.65. The molecule has 0 aromatic heterocycles. The van der Waals surface area contributed by atoms with Crippen molar-refractivity contribution in [2.45, 2.75) is 34.1 Å². The van der Waals surface area contributed by atoms with Crippen molar-refractivity contribution in [3.63, 3.8) is 0 Å². The van der Waals surface area contributed by atoms with Crippen LogP contribution in [0.15, 0.2) is 42.5 Å². The Morgan fingerprint density at radius 2 is 1.74 bits per heavy atom. The fourth-order valence-electron chi connectivity index (χ4n) is 2.64. The Labute approximate surface area is 161 Å². The smallest absolute Gasteiger partial charge is 0.239 e. The molecule has 5 heteroatoms. The quantitative estimate of drug-likeness (QED) is 0.733. The summed E-state index contributed by atoms with van der Waals surface area (Å²) in [6.07, 6.45) is 0.664. The first-order chi connectivity index (χ1) is 12.8. The van der Waals surface area contributed by atoms with Gasteiger partial charge in [0.2, 0.25) is 11.8 Å². The second-order valence-corrected chi connectivity index (χ2v) is 7.18. The van der Waals surface area contributed by atoms with Gasteiger partial charge in [-0.25, -0.2) is 0 Å². The predicted molar refractivity (Wildman–Crippen MR) is 108 cm³/mol. The number of nitrogens with one attached hydrogen (secondary N) is 2. The number of methoxy groups -OCH3 is 1.